The molecule has 0 spiro atoms. The van der Waals surface area contributed by atoms with E-state index in [4.69, 9.17) is 4.74 Å². The van der Waals surface area contributed by atoms with Crippen LogP contribution in [0, 0.1) is 5.92 Å². The zero-order valence-corrected chi connectivity index (χ0v) is 13.6. The smallest absolute Gasteiger partial charge is 0.319 e. The molecule has 1 aromatic carbocycles. The monoisotopic (exact) mass is 305 g/mol. The van der Waals surface area contributed by atoms with Crippen LogP contribution in [-0.4, -0.2) is 43.7 Å². The maximum absolute atomic E-state index is 11.8. The Morgan fingerprint density at radius 3 is 2.59 bits per heavy atom. The third-order valence-corrected chi connectivity index (χ3v) is 4.01. The summed E-state index contributed by atoms with van der Waals surface area (Å²) in [7, 11) is 0. The predicted octanol–water partition coefficient (Wildman–Crippen LogP) is 2.94. The Bertz CT molecular complexity index is 453. The molecule has 0 saturated carbocycles. The van der Waals surface area contributed by atoms with E-state index in [1.54, 1.807) is 0 Å². The summed E-state index contributed by atoms with van der Waals surface area (Å²) in [6.45, 7) is 8.78. The van der Waals surface area contributed by atoms with Crippen LogP contribution in [0.25, 0.3) is 0 Å². The average molecular weight is 305 g/mol. The molecular formula is C17H27N3O2. The lowest BCUT2D eigenvalue weighted by Crippen LogP contribution is -2.40. The second-order valence-electron chi connectivity index (χ2n) is 5.86. The number of benzene rings is 1. The number of amides is 2. The molecule has 1 aliphatic heterocycles. The predicted molar refractivity (Wildman–Crippen MR) is 89.5 cm³/mol. The van der Waals surface area contributed by atoms with Crippen LogP contribution < -0.4 is 15.4 Å². The quantitative estimate of drug-likeness (QED) is 0.849. The lowest BCUT2D eigenvalue weighted by molar-refractivity contribution is 0.192. The summed E-state index contributed by atoms with van der Waals surface area (Å²) in [5, 5.41) is 5.74. The molecule has 0 atom stereocenters. The lowest BCUT2D eigenvalue weighted by atomic mass is 9.99. The first-order chi connectivity index (χ1) is 10.7. The number of likely N-dealkylation sites (tertiary alicyclic amines) is 1. The van der Waals surface area contributed by atoms with Crippen molar-refractivity contribution in [2.24, 2.45) is 5.92 Å². The van der Waals surface area contributed by atoms with Crippen molar-refractivity contribution in [3.8, 4) is 5.75 Å². The van der Waals surface area contributed by atoms with Gasteiger partial charge in [0.05, 0.1) is 6.61 Å². The third kappa shape index (κ3) is 5.56. The highest BCUT2D eigenvalue weighted by Gasteiger charge is 2.15. The Hall–Kier alpha value is -1.75. The summed E-state index contributed by atoms with van der Waals surface area (Å²) in [6.07, 6.45) is 2.52. The van der Waals surface area contributed by atoms with Crippen molar-refractivity contribution < 1.29 is 9.53 Å². The van der Waals surface area contributed by atoms with Crippen LogP contribution in [0.15, 0.2) is 24.3 Å². The van der Waals surface area contributed by atoms with Gasteiger partial charge >= 0.3 is 6.03 Å². The maximum atomic E-state index is 11.8. The molecule has 1 heterocycles. The summed E-state index contributed by atoms with van der Waals surface area (Å²) < 4.78 is 5.37. The molecule has 1 saturated heterocycles. The molecule has 2 N–H and O–H groups in total. The summed E-state index contributed by atoms with van der Waals surface area (Å²) >= 11 is 0. The van der Waals surface area contributed by atoms with Crippen LogP contribution in [0.3, 0.4) is 0 Å². The fourth-order valence-corrected chi connectivity index (χ4v) is 2.59. The summed E-state index contributed by atoms with van der Waals surface area (Å²) in [6, 6.07) is 7.24. The van der Waals surface area contributed by atoms with E-state index in [9.17, 15) is 4.79 Å². The highest BCUT2D eigenvalue weighted by atomic mass is 16.5. The minimum Gasteiger partial charge on any atom is -0.494 e. The number of hydrogen-bond acceptors (Lipinski definition) is 3. The zero-order valence-electron chi connectivity index (χ0n) is 13.6. The second-order valence-corrected chi connectivity index (χ2v) is 5.86. The lowest BCUT2D eigenvalue weighted by Gasteiger charge is -2.30. The van der Waals surface area contributed by atoms with Gasteiger partial charge in [-0.15, -0.1) is 0 Å². The standard InChI is InChI=1S/C17H27N3O2/c1-3-22-16-6-4-15(5-7-16)19-17(21)18-10-13-20-11-8-14(2)9-12-20/h4-7,14H,3,8-13H2,1-2H3,(H2,18,19,21). The van der Waals surface area contributed by atoms with E-state index in [1.807, 2.05) is 31.2 Å². The Morgan fingerprint density at radius 1 is 1.27 bits per heavy atom. The van der Waals surface area contributed by atoms with Gasteiger partial charge in [0.1, 0.15) is 5.75 Å². The van der Waals surface area contributed by atoms with Crippen molar-refractivity contribution in [1.29, 1.82) is 0 Å². The molecule has 5 heteroatoms. The van der Waals surface area contributed by atoms with Crippen LogP contribution in [-0.2, 0) is 0 Å². The van der Waals surface area contributed by atoms with Crippen molar-refractivity contribution >= 4 is 11.7 Å². The number of anilines is 1. The van der Waals surface area contributed by atoms with Crippen molar-refractivity contribution in [3.63, 3.8) is 0 Å². The molecule has 1 aromatic rings. The number of hydrogen-bond donors (Lipinski definition) is 2. The number of nitrogens with zero attached hydrogens (tertiary/aromatic N) is 1. The van der Waals surface area contributed by atoms with E-state index in [1.165, 1.54) is 12.8 Å². The Morgan fingerprint density at radius 2 is 1.95 bits per heavy atom. The van der Waals surface area contributed by atoms with Crippen molar-refractivity contribution in [3.05, 3.63) is 24.3 Å². The first-order valence-corrected chi connectivity index (χ1v) is 8.17. The fourth-order valence-electron chi connectivity index (χ4n) is 2.59. The largest absolute Gasteiger partial charge is 0.494 e. The molecule has 1 aliphatic rings. The molecule has 2 amide bonds. The molecule has 0 unspecified atom stereocenters. The summed E-state index contributed by atoms with van der Waals surface area (Å²) in [4.78, 5) is 14.3. The van der Waals surface area contributed by atoms with Crippen LogP contribution >= 0.6 is 0 Å². The summed E-state index contributed by atoms with van der Waals surface area (Å²) in [5.41, 5.74) is 0.771. The number of rotatable bonds is 6. The number of piperidine rings is 1. The minimum atomic E-state index is -0.158. The number of urea groups is 1. The van der Waals surface area contributed by atoms with E-state index in [0.717, 1.165) is 37.0 Å². The van der Waals surface area contributed by atoms with E-state index in [-0.39, 0.29) is 6.03 Å². The third-order valence-electron chi connectivity index (χ3n) is 4.01. The molecular weight excluding hydrogens is 278 g/mol. The molecule has 5 nitrogen and oxygen atoms in total. The topological polar surface area (TPSA) is 53.6 Å². The van der Waals surface area contributed by atoms with E-state index in [2.05, 4.69) is 22.5 Å². The zero-order chi connectivity index (χ0) is 15.8. The molecule has 2 rings (SSSR count). The molecule has 1 fully saturated rings. The van der Waals surface area contributed by atoms with Gasteiger partial charge in [-0.3, -0.25) is 0 Å². The van der Waals surface area contributed by atoms with Crippen LogP contribution in [0.5, 0.6) is 5.75 Å². The number of ether oxygens (including phenoxy) is 1. The van der Waals surface area contributed by atoms with Crippen molar-refractivity contribution in [2.45, 2.75) is 26.7 Å². The Balaban J connectivity index is 1.65. The fraction of sp³-hybridized carbons (Fsp3) is 0.588. The van der Waals surface area contributed by atoms with Gasteiger partial charge in [-0.25, -0.2) is 4.79 Å². The minimum absolute atomic E-state index is 0.158. The second kappa shape index (κ2) is 8.63. The first-order valence-electron chi connectivity index (χ1n) is 8.17. The maximum Gasteiger partial charge on any atom is 0.319 e. The van der Waals surface area contributed by atoms with Gasteiger partial charge in [0.15, 0.2) is 0 Å². The van der Waals surface area contributed by atoms with Gasteiger partial charge in [-0.1, -0.05) is 6.92 Å². The van der Waals surface area contributed by atoms with E-state index >= 15 is 0 Å². The normalized spacial score (nSPS) is 16.3. The molecule has 0 aliphatic carbocycles. The van der Waals surface area contributed by atoms with E-state index in [0.29, 0.717) is 13.2 Å². The van der Waals surface area contributed by atoms with Crippen LogP contribution in [0.4, 0.5) is 10.5 Å². The molecule has 0 bridgehead atoms. The van der Waals surface area contributed by atoms with Gasteiger partial charge in [-0.2, -0.15) is 0 Å². The van der Waals surface area contributed by atoms with Gasteiger partial charge in [0.25, 0.3) is 0 Å². The highest BCUT2D eigenvalue weighted by molar-refractivity contribution is 5.89. The Kier molecular flexibility index (Phi) is 6.52. The number of carbonyl (C=O) groups excluding carboxylic acids is 1. The van der Waals surface area contributed by atoms with Gasteiger partial charge in [0.2, 0.25) is 0 Å². The number of nitrogens with one attached hydrogen (secondary N) is 2. The van der Waals surface area contributed by atoms with Crippen molar-refractivity contribution in [1.82, 2.24) is 10.2 Å². The average Bonchev–Trinajstić information content (AvgIpc) is 2.51. The molecule has 0 radical (unpaired) electrons. The van der Waals surface area contributed by atoms with E-state index < -0.39 is 0 Å². The van der Waals surface area contributed by atoms with Gasteiger partial charge in [-0.05, 0) is 63.0 Å². The van der Waals surface area contributed by atoms with Crippen molar-refractivity contribution in [2.75, 3.05) is 38.1 Å². The van der Waals surface area contributed by atoms with Gasteiger partial charge in [0, 0.05) is 18.8 Å². The molecule has 122 valence electrons. The SMILES string of the molecule is CCOc1ccc(NC(=O)NCCN2CCC(C)CC2)cc1. The number of carbonyl (C=O) groups is 1. The first kappa shape index (κ1) is 16.6. The molecule has 22 heavy (non-hydrogen) atoms. The summed E-state index contributed by atoms with van der Waals surface area (Å²) in [5.74, 6) is 1.65. The van der Waals surface area contributed by atoms with Crippen LogP contribution in [0.1, 0.15) is 26.7 Å². The van der Waals surface area contributed by atoms with Gasteiger partial charge < -0.3 is 20.3 Å². The Labute approximate surface area is 133 Å². The van der Waals surface area contributed by atoms with Crippen LogP contribution in [0.2, 0.25) is 0 Å². The highest BCUT2D eigenvalue weighted by Crippen LogP contribution is 2.16. The molecule has 0 aromatic heterocycles.